The molecular weight excluding hydrogens is 206 g/mol. The largest absolute Gasteiger partial charge is 0.378 e. The maximum Gasteiger partial charge on any atom is 0.182 e. The van der Waals surface area contributed by atoms with E-state index in [4.69, 9.17) is 0 Å². The zero-order chi connectivity index (χ0) is 10.5. The number of hydrogen-bond acceptors (Lipinski definition) is 3. The van der Waals surface area contributed by atoms with Gasteiger partial charge in [-0.1, -0.05) is 18.2 Å². The first-order valence-electron chi connectivity index (χ1n) is 4.70. The number of anilines is 1. The molecule has 0 spiro atoms. The van der Waals surface area contributed by atoms with Crippen LogP contribution in [0.5, 0.6) is 0 Å². The lowest BCUT2D eigenvalue weighted by atomic mass is 10.2. The Balaban J connectivity index is 1.92. The van der Waals surface area contributed by atoms with Crippen molar-refractivity contribution in [3.05, 3.63) is 52.7 Å². The second kappa shape index (κ2) is 4.75. The average molecular weight is 217 g/mol. The highest BCUT2D eigenvalue weighted by atomic mass is 32.1. The molecule has 0 atom stereocenters. The number of rotatable bonds is 4. The molecule has 3 heteroatoms. The van der Waals surface area contributed by atoms with Gasteiger partial charge in [-0.3, -0.25) is 4.79 Å². The third-order valence-electron chi connectivity index (χ3n) is 2.07. The number of ketones is 1. The molecule has 15 heavy (non-hydrogen) atoms. The van der Waals surface area contributed by atoms with Gasteiger partial charge in [-0.15, -0.1) is 0 Å². The number of Topliss-reactive ketones (excluding diaryl/α,β-unsaturated/α-hetero) is 1. The molecule has 0 bridgehead atoms. The third-order valence-corrected chi connectivity index (χ3v) is 2.75. The molecule has 1 heterocycles. The van der Waals surface area contributed by atoms with Crippen molar-refractivity contribution in [2.75, 3.05) is 11.9 Å². The molecule has 76 valence electrons. The van der Waals surface area contributed by atoms with E-state index in [1.807, 2.05) is 47.2 Å². The Morgan fingerprint density at radius 1 is 1.20 bits per heavy atom. The first-order chi connectivity index (χ1) is 7.36. The maximum absolute atomic E-state index is 11.6. The van der Waals surface area contributed by atoms with Crippen molar-refractivity contribution >= 4 is 22.8 Å². The smallest absolute Gasteiger partial charge is 0.182 e. The lowest BCUT2D eigenvalue weighted by Gasteiger charge is -2.03. The van der Waals surface area contributed by atoms with Crippen LogP contribution in [-0.2, 0) is 0 Å². The summed E-state index contributed by atoms with van der Waals surface area (Å²) in [5.41, 5.74) is 1.75. The van der Waals surface area contributed by atoms with Gasteiger partial charge in [0.05, 0.1) is 6.54 Å². The molecule has 2 nitrogen and oxygen atoms in total. The van der Waals surface area contributed by atoms with Crippen LogP contribution in [0.1, 0.15) is 10.4 Å². The van der Waals surface area contributed by atoms with Crippen LogP contribution in [0.15, 0.2) is 47.2 Å². The molecule has 0 saturated heterocycles. The third kappa shape index (κ3) is 2.67. The van der Waals surface area contributed by atoms with Gasteiger partial charge in [0.25, 0.3) is 0 Å². The van der Waals surface area contributed by atoms with Gasteiger partial charge in [0.15, 0.2) is 5.78 Å². The van der Waals surface area contributed by atoms with Gasteiger partial charge < -0.3 is 5.32 Å². The summed E-state index contributed by atoms with van der Waals surface area (Å²) >= 11 is 1.54. The van der Waals surface area contributed by atoms with E-state index in [-0.39, 0.29) is 5.78 Å². The molecule has 0 unspecified atom stereocenters. The molecule has 2 rings (SSSR count). The normalized spacial score (nSPS) is 9.87. The molecular formula is C12H11NOS. The predicted molar refractivity (Wildman–Crippen MR) is 63.6 cm³/mol. The van der Waals surface area contributed by atoms with E-state index in [2.05, 4.69) is 5.32 Å². The standard InChI is InChI=1S/C12H11NOS/c14-12(10-6-7-15-9-10)8-13-11-4-2-1-3-5-11/h1-7,9,13H,8H2. The Morgan fingerprint density at radius 3 is 2.67 bits per heavy atom. The highest BCUT2D eigenvalue weighted by molar-refractivity contribution is 7.08. The minimum atomic E-state index is 0.125. The molecule has 0 fully saturated rings. The van der Waals surface area contributed by atoms with Crippen LogP contribution >= 0.6 is 11.3 Å². The quantitative estimate of drug-likeness (QED) is 0.797. The van der Waals surface area contributed by atoms with Crippen LogP contribution < -0.4 is 5.32 Å². The van der Waals surface area contributed by atoms with Gasteiger partial charge in [-0.2, -0.15) is 11.3 Å². The number of thiophene rings is 1. The van der Waals surface area contributed by atoms with Crippen LogP contribution in [0.3, 0.4) is 0 Å². The minimum absolute atomic E-state index is 0.125. The Kier molecular flexibility index (Phi) is 3.15. The monoisotopic (exact) mass is 217 g/mol. The molecule has 2 aromatic rings. The lowest BCUT2D eigenvalue weighted by Crippen LogP contribution is -2.12. The van der Waals surface area contributed by atoms with Crippen molar-refractivity contribution in [1.29, 1.82) is 0 Å². The zero-order valence-electron chi connectivity index (χ0n) is 8.14. The highest BCUT2D eigenvalue weighted by Gasteiger charge is 2.04. The van der Waals surface area contributed by atoms with Gasteiger partial charge in [0.1, 0.15) is 0 Å². The number of nitrogens with one attached hydrogen (secondary N) is 1. The Bertz CT molecular complexity index is 422. The lowest BCUT2D eigenvalue weighted by molar-refractivity contribution is 0.101. The van der Waals surface area contributed by atoms with Crippen LogP contribution in [0.4, 0.5) is 5.69 Å². The Hall–Kier alpha value is -1.61. The molecule has 1 aromatic heterocycles. The second-order valence-electron chi connectivity index (χ2n) is 3.15. The van der Waals surface area contributed by atoms with E-state index in [9.17, 15) is 4.79 Å². The molecule has 0 amide bonds. The molecule has 0 aliphatic carbocycles. The Labute approximate surface area is 92.6 Å². The summed E-state index contributed by atoms with van der Waals surface area (Å²) in [7, 11) is 0. The SMILES string of the molecule is O=C(CNc1ccccc1)c1ccsc1. The van der Waals surface area contributed by atoms with Crippen molar-refractivity contribution in [2.24, 2.45) is 0 Å². The molecule has 1 N–H and O–H groups in total. The summed E-state index contributed by atoms with van der Waals surface area (Å²) in [6.45, 7) is 0.348. The van der Waals surface area contributed by atoms with Gasteiger partial charge >= 0.3 is 0 Å². The van der Waals surface area contributed by atoms with Crippen molar-refractivity contribution < 1.29 is 4.79 Å². The summed E-state index contributed by atoms with van der Waals surface area (Å²) in [4.78, 5) is 11.6. The maximum atomic E-state index is 11.6. The van der Waals surface area contributed by atoms with Crippen LogP contribution in [0.2, 0.25) is 0 Å². The molecule has 0 saturated carbocycles. The number of carbonyl (C=O) groups is 1. The van der Waals surface area contributed by atoms with Gasteiger partial charge in [-0.25, -0.2) is 0 Å². The van der Waals surface area contributed by atoms with E-state index in [0.717, 1.165) is 11.3 Å². The second-order valence-corrected chi connectivity index (χ2v) is 3.93. The summed E-state index contributed by atoms with van der Waals surface area (Å²) < 4.78 is 0. The van der Waals surface area contributed by atoms with Crippen LogP contribution in [0.25, 0.3) is 0 Å². The molecule has 1 aromatic carbocycles. The summed E-state index contributed by atoms with van der Waals surface area (Å²) in [6.07, 6.45) is 0. The molecule has 0 radical (unpaired) electrons. The summed E-state index contributed by atoms with van der Waals surface area (Å²) in [6, 6.07) is 11.6. The van der Waals surface area contributed by atoms with Crippen molar-refractivity contribution in [1.82, 2.24) is 0 Å². The summed E-state index contributed by atoms with van der Waals surface area (Å²) in [5.74, 6) is 0.125. The van der Waals surface area contributed by atoms with E-state index >= 15 is 0 Å². The number of hydrogen-bond donors (Lipinski definition) is 1. The highest BCUT2D eigenvalue weighted by Crippen LogP contribution is 2.08. The first-order valence-corrected chi connectivity index (χ1v) is 5.65. The van der Waals surface area contributed by atoms with E-state index in [1.54, 1.807) is 11.3 Å². The fraction of sp³-hybridized carbons (Fsp3) is 0.0833. The number of carbonyl (C=O) groups excluding carboxylic acids is 1. The van der Waals surface area contributed by atoms with E-state index in [1.165, 1.54) is 0 Å². The van der Waals surface area contributed by atoms with Crippen LogP contribution in [0, 0.1) is 0 Å². The first kappa shape index (κ1) is 9.93. The van der Waals surface area contributed by atoms with Crippen molar-refractivity contribution in [3.63, 3.8) is 0 Å². The zero-order valence-corrected chi connectivity index (χ0v) is 8.96. The fourth-order valence-electron chi connectivity index (χ4n) is 1.26. The van der Waals surface area contributed by atoms with E-state index < -0.39 is 0 Å². The number of benzene rings is 1. The average Bonchev–Trinajstić information content (AvgIpc) is 2.81. The fourth-order valence-corrected chi connectivity index (χ4v) is 1.92. The van der Waals surface area contributed by atoms with Crippen molar-refractivity contribution in [2.45, 2.75) is 0 Å². The van der Waals surface area contributed by atoms with Crippen LogP contribution in [-0.4, -0.2) is 12.3 Å². The molecule has 0 aliphatic rings. The van der Waals surface area contributed by atoms with Gasteiger partial charge in [-0.05, 0) is 23.6 Å². The van der Waals surface area contributed by atoms with Crippen molar-refractivity contribution in [3.8, 4) is 0 Å². The van der Waals surface area contributed by atoms with E-state index in [0.29, 0.717) is 6.54 Å². The molecule has 0 aliphatic heterocycles. The van der Waals surface area contributed by atoms with Gasteiger partial charge in [0, 0.05) is 16.6 Å². The predicted octanol–water partition coefficient (Wildman–Crippen LogP) is 3.04. The Morgan fingerprint density at radius 2 is 2.00 bits per heavy atom. The number of para-hydroxylation sites is 1. The summed E-state index contributed by atoms with van der Waals surface area (Å²) in [5, 5.41) is 6.87. The topological polar surface area (TPSA) is 29.1 Å². The minimum Gasteiger partial charge on any atom is -0.378 e. The van der Waals surface area contributed by atoms with Gasteiger partial charge in [0.2, 0.25) is 0 Å².